The molecule has 0 aliphatic carbocycles. The average molecular weight is 236 g/mol. The average Bonchev–Trinajstić information content (AvgIpc) is 2.65. The number of hydrogen-bond donors (Lipinski definition) is 0. The first-order chi connectivity index (χ1) is 7.68. The molecule has 0 atom stereocenters. The topological polar surface area (TPSA) is 47.8 Å². The Labute approximate surface area is 97.9 Å². The van der Waals surface area contributed by atoms with Crippen LogP contribution in [0.15, 0.2) is 30.7 Å². The summed E-state index contributed by atoms with van der Waals surface area (Å²) >= 11 is 5.89. The van der Waals surface area contributed by atoms with E-state index in [-0.39, 0.29) is 12.2 Å². The van der Waals surface area contributed by atoms with Gasteiger partial charge < -0.3 is 4.57 Å². The second-order valence-electron chi connectivity index (χ2n) is 3.39. The lowest BCUT2D eigenvalue weighted by Crippen LogP contribution is -2.10. The summed E-state index contributed by atoms with van der Waals surface area (Å²) in [5.74, 6) is 0.576. The maximum absolute atomic E-state index is 11.9. The Bertz CT molecular complexity index is 521. The number of pyridine rings is 1. The van der Waals surface area contributed by atoms with Crippen molar-refractivity contribution in [2.75, 3.05) is 0 Å². The Morgan fingerprint density at radius 2 is 2.25 bits per heavy atom. The molecule has 2 aromatic rings. The molecule has 0 aromatic carbocycles. The van der Waals surface area contributed by atoms with Crippen molar-refractivity contribution < 1.29 is 4.79 Å². The van der Waals surface area contributed by atoms with Crippen LogP contribution in [0.25, 0.3) is 0 Å². The zero-order valence-corrected chi connectivity index (χ0v) is 9.48. The maximum Gasteiger partial charge on any atom is 0.190 e. The predicted octanol–water partition coefficient (Wildman–Crippen LogP) is 1.89. The lowest BCUT2D eigenvalue weighted by molar-refractivity contribution is 0.0985. The van der Waals surface area contributed by atoms with Gasteiger partial charge in [0, 0.05) is 25.6 Å². The van der Waals surface area contributed by atoms with E-state index >= 15 is 0 Å². The number of Topliss-reactive ketones (excluding diaryl/α,β-unsaturated/α-hetero) is 1. The van der Waals surface area contributed by atoms with Gasteiger partial charge in [-0.1, -0.05) is 11.6 Å². The number of hydrogen-bond acceptors (Lipinski definition) is 3. The largest absolute Gasteiger partial charge is 0.338 e. The van der Waals surface area contributed by atoms with Crippen LogP contribution in [-0.4, -0.2) is 20.3 Å². The van der Waals surface area contributed by atoms with Crippen molar-refractivity contribution in [3.8, 4) is 0 Å². The van der Waals surface area contributed by atoms with E-state index in [9.17, 15) is 4.79 Å². The van der Waals surface area contributed by atoms with Crippen molar-refractivity contribution >= 4 is 17.4 Å². The van der Waals surface area contributed by atoms with E-state index < -0.39 is 0 Å². The number of imidazole rings is 1. The molecule has 0 saturated heterocycles. The predicted molar refractivity (Wildman–Crippen MR) is 60.5 cm³/mol. The first kappa shape index (κ1) is 10.8. The van der Waals surface area contributed by atoms with Crippen LogP contribution in [0.5, 0.6) is 0 Å². The van der Waals surface area contributed by atoms with Gasteiger partial charge in [-0.25, -0.2) is 4.98 Å². The highest BCUT2D eigenvalue weighted by molar-refractivity contribution is 6.33. The number of rotatable bonds is 3. The van der Waals surface area contributed by atoms with Crippen molar-refractivity contribution in [2.45, 2.75) is 6.42 Å². The lowest BCUT2D eigenvalue weighted by Gasteiger charge is -2.02. The minimum absolute atomic E-state index is 0.125. The molecule has 0 saturated carbocycles. The van der Waals surface area contributed by atoms with Crippen LogP contribution in [0.1, 0.15) is 16.3 Å². The Morgan fingerprint density at radius 1 is 1.44 bits per heavy atom. The summed E-state index contributed by atoms with van der Waals surface area (Å²) in [6.07, 6.45) is 5.21. The normalized spacial score (nSPS) is 10.4. The first-order valence-corrected chi connectivity index (χ1v) is 5.16. The van der Waals surface area contributed by atoms with Gasteiger partial charge in [0.15, 0.2) is 5.78 Å². The van der Waals surface area contributed by atoms with Crippen LogP contribution in [0, 0.1) is 0 Å². The molecule has 0 spiro atoms. The number of ketones is 1. The molecule has 2 aromatic heterocycles. The number of halogens is 1. The van der Waals surface area contributed by atoms with Gasteiger partial charge in [0.1, 0.15) is 11.5 Å². The molecule has 16 heavy (non-hydrogen) atoms. The number of carbonyl (C=O) groups is 1. The standard InChI is InChI=1S/C11H10ClN3O/c1-15-6-5-13-10(15)7-9(16)11-8(12)3-2-4-14-11/h2-6H,7H2,1H3. The summed E-state index contributed by atoms with van der Waals surface area (Å²) in [5.41, 5.74) is 0.298. The van der Waals surface area contributed by atoms with Crippen LogP contribution < -0.4 is 0 Å². The molecule has 0 fully saturated rings. The Balaban J connectivity index is 2.22. The van der Waals surface area contributed by atoms with E-state index in [1.807, 2.05) is 7.05 Å². The monoisotopic (exact) mass is 235 g/mol. The molecule has 2 heterocycles. The van der Waals surface area contributed by atoms with Gasteiger partial charge in [-0.05, 0) is 12.1 Å². The fourth-order valence-corrected chi connectivity index (χ4v) is 1.61. The molecule has 82 valence electrons. The van der Waals surface area contributed by atoms with Gasteiger partial charge in [0.25, 0.3) is 0 Å². The Hall–Kier alpha value is -1.68. The van der Waals surface area contributed by atoms with Crippen LogP contribution in [-0.2, 0) is 13.5 Å². The minimum Gasteiger partial charge on any atom is -0.338 e. The summed E-state index contributed by atoms with van der Waals surface area (Å²) in [7, 11) is 1.84. The van der Waals surface area contributed by atoms with Gasteiger partial charge in [0.2, 0.25) is 0 Å². The molecule has 0 unspecified atom stereocenters. The number of aromatic nitrogens is 3. The molecular formula is C11H10ClN3O. The van der Waals surface area contributed by atoms with Crippen LogP contribution in [0.2, 0.25) is 5.02 Å². The van der Waals surface area contributed by atoms with E-state index in [2.05, 4.69) is 9.97 Å². The van der Waals surface area contributed by atoms with Gasteiger partial charge in [-0.15, -0.1) is 0 Å². The van der Waals surface area contributed by atoms with Crippen LogP contribution in [0.3, 0.4) is 0 Å². The third-order valence-corrected chi connectivity index (χ3v) is 2.57. The smallest absolute Gasteiger partial charge is 0.190 e. The van der Waals surface area contributed by atoms with E-state index in [0.29, 0.717) is 16.5 Å². The van der Waals surface area contributed by atoms with Crippen LogP contribution in [0.4, 0.5) is 0 Å². The molecular weight excluding hydrogens is 226 g/mol. The molecule has 0 radical (unpaired) electrons. The Kier molecular flexibility index (Phi) is 3.01. The second-order valence-corrected chi connectivity index (χ2v) is 3.80. The SMILES string of the molecule is Cn1ccnc1CC(=O)c1ncccc1Cl. The molecule has 0 aliphatic rings. The second kappa shape index (κ2) is 4.45. The molecule has 0 N–H and O–H groups in total. The van der Waals surface area contributed by atoms with Crippen molar-refractivity contribution in [3.63, 3.8) is 0 Å². The molecule has 0 amide bonds. The molecule has 0 aliphatic heterocycles. The minimum atomic E-state index is -0.125. The zero-order valence-electron chi connectivity index (χ0n) is 8.72. The summed E-state index contributed by atoms with van der Waals surface area (Å²) in [6, 6.07) is 3.35. The summed E-state index contributed by atoms with van der Waals surface area (Å²) in [6.45, 7) is 0. The Morgan fingerprint density at radius 3 is 2.88 bits per heavy atom. The number of nitrogens with zero attached hydrogens (tertiary/aromatic N) is 3. The van der Waals surface area contributed by atoms with E-state index in [1.54, 1.807) is 35.3 Å². The van der Waals surface area contributed by atoms with Crippen molar-refractivity contribution in [2.24, 2.45) is 7.05 Å². The van der Waals surface area contributed by atoms with E-state index in [1.165, 1.54) is 0 Å². The van der Waals surface area contributed by atoms with Gasteiger partial charge in [-0.2, -0.15) is 0 Å². The van der Waals surface area contributed by atoms with E-state index in [4.69, 9.17) is 11.6 Å². The van der Waals surface area contributed by atoms with Gasteiger partial charge in [-0.3, -0.25) is 9.78 Å². The van der Waals surface area contributed by atoms with Gasteiger partial charge in [0.05, 0.1) is 11.4 Å². The van der Waals surface area contributed by atoms with E-state index in [0.717, 1.165) is 0 Å². The first-order valence-electron chi connectivity index (χ1n) is 4.78. The van der Waals surface area contributed by atoms with Crippen molar-refractivity contribution in [1.29, 1.82) is 0 Å². The summed E-state index contributed by atoms with van der Waals surface area (Å²) in [4.78, 5) is 19.9. The van der Waals surface area contributed by atoms with Crippen molar-refractivity contribution in [3.05, 3.63) is 47.3 Å². The molecule has 0 bridgehead atoms. The van der Waals surface area contributed by atoms with Gasteiger partial charge >= 0.3 is 0 Å². The molecule has 5 heteroatoms. The third kappa shape index (κ3) is 2.12. The third-order valence-electron chi connectivity index (χ3n) is 2.26. The van der Waals surface area contributed by atoms with Crippen LogP contribution >= 0.6 is 11.6 Å². The highest BCUT2D eigenvalue weighted by Crippen LogP contribution is 2.14. The highest BCUT2D eigenvalue weighted by atomic mass is 35.5. The quantitative estimate of drug-likeness (QED) is 0.764. The number of carbonyl (C=O) groups excluding carboxylic acids is 1. The summed E-state index contributed by atoms with van der Waals surface area (Å²) < 4.78 is 1.80. The number of aryl methyl sites for hydroxylation is 1. The lowest BCUT2D eigenvalue weighted by atomic mass is 10.2. The fourth-order valence-electron chi connectivity index (χ4n) is 1.39. The zero-order chi connectivity index (χ0) is 11.5. The summed E-state index contributed by atoms with van der Waals surface area (Å²) in [5, 5.41) is 0.377. The maximum atomic E-state index is 11.9. The molecule has 4 nitrogen and oxygen atoms in total. The highest BCUT2D eigenvalue weighted by Gasteiger charge is 2.14. The molecule has 2 rings (SSSR count). The fraction of sp³-hybridized carbons (Fsp3) is 0.182. The van der Waals surface area contributed by atoms with Crippen molar-refractivity contribution in [1.82, 2.24) is 14.5 Å².